The van der Waals surface area contributed by atoms with Crippen LogP contribution in [0, 0.1) is 0 Å². The molecule has 2 heterocycles. The summed E-state index contributed by atoms with van der Waals surface area (Å²) < 4.78 is 2.03. The highest BCUT2D eigenvalue weighted by atomic mass is 16.4. The maximum Gasteiger partial charge on any atom is 0.323 e. The first kappa shape index (κ1) is 13.9. The molecule has 1 N–H and O–H groups in total. The van der Waals surface area contributed by atoms with Gasteiger partial charge in [0.2, 0.25) is 0 Å². The fraction of sp³-hybridized carbons (Fsp3) is 0.643. The first-order chi connectivity index (χ1) is 10.1. The van der Waals surface area contributed by atoms with Crippen LogP contribution in [0.1, 0.15) is 31.5 Å². The number of aromatic nitrogens is 2. The third-order valence-corrected chi connectivity index (χ3v) is 4.33. The van der Waals surface area contributed by atoms with Crippen molar-refractivity contribution in [3.05, 3.63) is 18.2 Å². The second kappa shape index (κ2) is 5.75. The summed E-state index contributed by atoms with van der Waals surface area (Å²) in [6, 6.07) is -0.103. The molecule has 1 saturated carbocycles. The van der Waals surface area contributed by atoms with Gasteiger partial charge >= 0.3 is 12.0 Å². The molecule has 1 aliphatic heterocycles. The summed E-state index contributed by atoms with van der Waals surface area (Å²) in [5, 5.41) is 9.09. The molecule has 0 radical (unpaired) electrons. The zero-order valence-corrected chi connectivity index (χ0v) is 11.9. The van der Waals surface area contributed by atoms with Crippen LogP contribution in [-0.2, 0) is 17.9 Å². The third kappa shape index (κ3) is 2.86. The predicted molar refractivity (Wildman–Crippen MR) is 74.6 cm³/mol. The summed E-state index contributed by atoms with van der Waals surface area (Å²) in [6.07, 6.45) is 7.58. The number of amides is 2. The molecule has 1 aromatic heterocycles. The molecule has 7 heteroatoms. The molecule has 2 amide bonds. The Morgan fingerprint density at radius 2 is 2.10 bits per heavy atom. The normalized spacial score (nSPS) is 18.6. The number of hydrogen-bond acceptors (Lipinski definition) is 3. The van der Waals surface area contributed by atoms with E-state index in [-0.39, 0.29) is 18.6 Å². The minimum atomic E-state index is -0.950. The second-order valence-electron chi connectivity index (χ2n) is 5.70. The van der Waals surface area contributed by atoms with Crippen molar-refractivity contribution in [1.82, 2.24) is 19.4 Å². The summed E-state index contributed by atoms with van der Waals surface area (Å²) >= 11 is 0. The minimum Gasteiger partial charge on any atom is -0.480 e. The Bertz CT molecular complexity index is 536. The zero-order valence-electron chi connectivity index (χ0n) is 11.9. The fourth-order valence-electron chi connectivity index (χ4n) is 3.23. The highest BCUT2D eigenvalue weighted by molar-refractivity contribution is 5.80. The van der Waals surface area contributed by atoms with Gasteiger partial charge in [-0.1, -0.05) is 12.8 Å². The van der Waals surface area contributed by atoms with E-state index in [1.165, 1.54) is 4.90 Å². The molecular weight excluding hydrogens is 272 g/mol. The van der Waals surface area contributed by atoms with Crippen LogP contribution in [0.4, 0.5) is 4.79 Å². The number of fused-ring (bicyclic) bond motifs is 1. The van der Waals surface area contributed by atoms with Gasteiger partial charge in [-0.25, -0.2) is 9.78 Å². The molecule has 7 nitrogen and oxygen atoms in total. The molecule has 0 unspecified atom stereocenters. The van der Waals surface area contributed by atoms with E-state index in [4.69, 9.17) is 5.11 Å². The van der Waals surface area contributed by atoms with E-state index in [2.05, 4.69) is 4.98 Å². The van der Waals surface area contributed by atoms with Crippen LogP contribution >= 0.6 is 0 Å². The van der Waals surface area contributed by atoms with Gasteiger partial charge in [-0.15, -0.1) is 0 Å². The summed E-state index contributed by atoms with van der Waals surface area (Å²) in [5.74, 6) is -0.0925. The van der Waals surface area contributed by atoms with Crippen molar-refractivity contribution >= 4 is 12.0 Å². The van der Waals surface area contributed by atoms with Gasteiger partial charge in [0.05, 0.1) is 6.54 Å². The second-order valence-corrected chi connectivity index (χ2v) is 5.70. The molecular formula is C14H20N4O3. The fourth-order valence-corrected chi connectivity index (χ4v) is 3.23. The molecule has 0 spiro atoms. The maximum atomic E-state index is 12.7. The molecule has 3 rings (SSSR count). The van der Waals surface area contributed by atoms with E-state index in [0.29, 0.717) is 19.6 Å². The number of imidazole rings is 1. The molecule has 1 fully saturated rings. The van der Waals surface area contributed by atoms with Gasteiger partial charge in [-0.3, -0.25) is 4.79 Å². The van der Waals surface area contributed by atoms with Crippen molar-refractivity contribution in [2.45, 2.75) is 44.8 Å². The lowest BCUT2D eigenvalue weighted by molar-refractivity contribution is -0.138. The van der Waals surface area contributed by atoms with Crippen LogP contribution in [0.3, 0.4) is 0 Å². The van der Waals surface area contributed by atoms with Crippen LogP contribution in [0.5, 0.6) is 0 Å². The predicted octanol–water partition coefficient (Wildman–Crippen LogP) is 1.15. The van der Waals surface area contributed by atoms with E-state index in [9.17, 15) is 9.59 Å². The number of carbonyl (C=O) groups is 2. The molecule has 114 valence electrons. The van der Waals surface area contributed by atoms with E-state index < -0.39 is 5.97 Å². The number of nitrogens with zero attached hydrogens (tertiary/aromatic N) is 4. The Balaban J connectivity index is 1.73. The number of carbonyl (C=O) groups excluding carboxylic acids is 1. The van der Waals surface area contributed by atoms with E-state index in [1.807, 2.05) is 10.8 Å². The number of rotatable bonds is 3. The van der Waals surface area contributed by atoms with Gasteiger partial charge in [0.25, 0.3) is 0 Å². The van der Waals surface area contributed by atoms with Crippen LogP contribution in [0.25, 0.3) is 0 Å². The Morgan fingerprint density at radius 3 is 2.81 bits per heavy atom. The van der Waals surface area contributed by atoms with Crippen LogP contribution < -0.4 is 0 Å². The number of urea groups is 1. The third-order valence-electron chi connectivity index (χ3n) is 4.33. The van der Waals surface area contributed by atoms with Gasteiger partial charge < -0.3 is 19.5 Å². The monoisotopic (exact) mass is 292 g/mol. The summed E-state index contributed by atoms with van der Waals surface area (Å²) in [6.45, 7) is 1.56. The summed E-state index contributed by atoms with van der Waals surface area (Å²) in [7, 11) is 0. The highest BCUT2D eigenvalue weighted by Gasteiger charge is 2.32. The average Bonchev–Trinajstić information content (AvgIpc) is 3.13. The van der Waals surface area contributed by atoms with Crippen LogP contribution in [0.15, 0.2) is 12.4 Å². The Kier molecular flexibility index (Phi) is 3.81. The van der Waals surface area contributed by atoms with Crippen molar-refractivity contribution in [2.24, 2.45) is 0 Å². The lowest BCUT2D eigenvalue weighted by Crippen LogP contribution is -2.51. The Labute approximate surface area is 123 Å². The van der Waals surface area contributed by atoms with E-state index in [1.54, 1.807) is 11.1 Å². The molecule has 0 saturated heterocycles. The highest BCUT2D eigenvalue weighted by Crippen LogP contribution is 2.25. The summed E-state index contributed by atoms with van der Waals surface area (Å²) in [5.41, 5.74) is 0. The van der Waals surface area contributed by atoms with Crippen LogP contribution in [-0.4, -0.2) is 55.6 Å². The Hall–Kier alpha value is -2.05. The lowest BCUT2D eigenvalue weighted by Gasteiger charge is -2.35. The van der Waals surface area contributed by atoms with Crippen molar-refractivity contribution in [3.63, 3.8) is 0 Å². The number of aliphatic carboxylic acids is 1. The first-order valence-electron chi connectivity index (χ1n) is 7.42. The van der Waals surface area contributed by atoms with Gasteiger partial charge in [0.1, 0.15) is 12.4 Å². The minimum absolute atomic E-state index is 0.0651. The topological polar surface area (TPSA) is 78.7 Å². The molecule has 0 atom stereocenters. The quantitative estimate of drug-likeness (QED) is 0.906. The zero-order chi connectivity index (χ0) is 14.8. The molecule has 0 aromatic carbocycles. The van der Waals surface area contributed by atoms with E-state index >= 15 is 0 Å². The Morgan fingerprint density at radius 1 is 1.33 bits per heavy atom. The van der Waals surface area contributed by atoms with Crippen molar-refractivity contribution in [2.75, 3.05) is 13.1 Å². The lowest BCUT2D eigenvalue weighted by atomic mass is 10.2. The van der Waals surface area contributed by atoms with Gasteiger partial charge in [0, 0.05) is 31.5 Å². The number of hydrogen-bond donors (Lipinski definition) is 1. The standard InChI is InChI=1S/C14H20N4O3/c19-13(20)10-18(11-3-1-2-4-11)14(21)17-8-7-16-6-5-15-12(16)9-17/h5-6,11H,1-4,7-10H2,(H,19,20). The number of carboxylic acid groups (broad SMARTS) is 1. The van der Waals surface area contributed by atoms with Gasteiger partial charge in [-0.2, -0.15) is 0 Å². The van der Waals surface area contributed by atoms with Gasteiger partial charge in [0.15, 0.2) is 0 Å². The molecule has 2 aliphatic rings. The molecule has 1 aromatic rings. The van der Waals surface area contributed by atoms with Gasteiger partial charge in [-0.05, 0) is 12.8 Å². The van der Waals surface area contributed by atoms with Crippen LogP contribution in [0.2, 0.25) is 0 Å². The molecule has 0 bridgehead atoms. The van der Waals surface area contributed by atoms with Crippen molar-refractivity contribution in [1.29, 1.82) is 0 Å². The summed E-state index contributed by atoms with van der Waals surface area (Å²) in [4.78, 5) is 31.3. The maximum absolute atomic E-state index is 12.7. The molecule has 1 aliphatic carbocycles. The smallest absolute Gasteiger partial charge is 0.323 e. The number of carboxylic acids is 1. The van der Waals surface area contributed by atoms with E-state index in [0.717, 1.165) is 31.5 Å². The van der Waals surface area contributed by atoms with Crippen molar-refractivity contribution in [3.8, 4) is 0 Å². The largest absolute Gasteiger partial charge is 0.480 e. The SMILES string of the molecule is O=C(O)CN(C(=O)N1CCn2ccnc2C1)C1CCCC1. The molecule has 21 heavy (non-hydrogen) atoms. The van der Waals surface area contributed by atoms with Crippen molar-refractivity contribution < 1.29 is 14.7 Å². The average molecular weight is 292 g/mol. The first-order valence-corrected chi connectivity index (χ1v) is 7.42.